The Kier molecular flexibility index (Phi) is 5.12. The number of nitrogens with zero attached hydrogens (tertiary/aromatic N) is 2. The lowest BCUT2D eigenvalue weighted by molar-refractivity contribution is 0.0693. The first-order valence-corrected chi connectivity index (χ1v) is 10.1. The molecule has 0 atom stereocenters. The number of fused-ring (bicyclic) bond motifs is 1. The largest absolute Gasteiger partial charge is 0.298 e. The summed E-state index contributed by atoms with van der Waals surface area (Å²) < 4.78 is 0. The van der Waals surface area contributed by atoms with Crippen LogP contribution < -0.4 is 5.32 Å². The maximum absolute atomic E-state index is 12.6. The van der Waals surface area contributed by atoms with Gasteiger partial charge in [0.25, 0.3) is 17.7 Å². The molecule has 1 N–H and O–H groups in total. The van der Waals surface area contributed by atoms with E-state index in [1.807, 2.05) is 0 Å². The zero-order valence-electron chi connectivity index (χ0n) is 15.0. The summed E-state index contributed by atoms with van der Waals surface area (Å²) in [6.07, 6.45) is 2.20. The molecule has 1 aromatic heterocycles. The summed E-state index contributed by atoms with van der Waals surface area (Å²) in [6, 6.07) is 9.68. The minimum atomic E-state index is -0.422. The van der Waals surface area contributed by atoms with Gasteiger partial charge in [-0.2, -0.15) is 0 Å². The number of halogens is 2. The lowest BCUT2D eigenvalue weighted by Crippen LogP contribution is -2.24. The first-order valence-electron chi connectivity index (χ1n) is 8.50. The molecule has 6 nitrogen and oxygen atoms in total. The number of carbonyl (C=O) groups is 3. The van der Waals surface area contributed by atoms with Crippen molar-refractivity contribution in [2.75, 3.05) is 12.4 Å². The van der Waals surface area contributed by atoms with E-state index in [1.54, 1.807) is 24.4 Å². The van der Waals surface area contributed by atoms with E-state index in [-0.39, 0.29) is 17.0 Å². The Hall–Kier alpha value is -2.74. The average Bonchev–Trinajstić information content (AvgIpc) is 3.23. The molecule has 0 bridgehead atoms. The van der Waals surface area contributed by atoms with Crippen LogP contribution in [0.2, 0.25) is 10.0 Å². The van der Waals surface area contributed by atoms with Crippen LogP contribution in [0, 0.1) is 0 Å². The number of benzene rings is 2. The van der Waals surface area contributed by atoms with E-state index in [4.69, 9.17) is 23.2 Å². The van der Waals surface area contributed by atoms with Crippen molar-refractivity contribution in [3.05, 3.63) is 79.8 Å². The van der Waals surface area contributed by atoms with Crippen LogP contribution in [-0.2, 0) is 6.42 Å². The third kappa shape index (κ3) is 3.76. The fraction of sp³-hybridized carbons (Fsp3) is 0.100. The molecule has 1 aliphatic rings. The highest BCUT2D eigenvalue weighted by molar-refractivity contribution is 7.15. The van der Waals surface area contributed by atoms with Gasteiger partial charge in [0, 0.05) is 40.2 Å². The zero-order chi connectivity index (χ0) is 20.7. The molecule has 4 rings (SSSR count). The van der Waals surface area contributed by atoms with Gasteiger partial charge in [-0.05, 0) is 42.0 Å². The molecule has 9 heteroatoms. The third-order valence-electron chi connectivity index (χ3n) is 4.50. The van der Waals surface area contributed by atoms with Gasteiger partial charge >= 0.3 is 0 Å². The van der Waals surface area contributed by atoms with Crippen LogP contribution in [-0.4, -0.2) is 34.7 Å². The number of anilines is 1. The zero-order valence-corrected chi connectivity index (χ0v) is 17.4. The highest BCUT2D eigenvalue weighted by Gasteiger charge is 2.33. The molecule has 0 saturated heterocycles. The predicted molar refractivity (Wildman–Crippen MR) is 112 cm³/mol. The van der Waals surface area contributed by atoms with E-state index in [2.05, 4.69) is 10.3 Å². The fourth-order valence-electron chi connectivity index (χ4n) is 2.99. The molecule has 0 unspecified atom stereocenters. The van der Waals surface area contributed by atoms with Crippen LogP contribution in [0.5, 0.6) is 0 Å². The van der Waals surface area contributed by atoms with Crippen molar-refractivity contribution in [2.24, 2.45) is 0 Å². The van der Waals surface area contributed by atoms with Crippen LogP contribution in [0.1, 0.15) is 41.5 Å². The Morgan fingerprint density at radius 2 is 1.86 bits per heavy atom. The summed E-state index contributed by atoms with van der Waals surface area (Å²) in [7, 11) is 1.41. The number of nitrogens with one attached hydrogen (secondary N) is 1. The highest BCUT2D eigenvalue weighted by atomic mass is 35.5. The molecule has 2 heterocycles. The highest BCUT2D eigenvalue weighted by Crippen LogP contribution is 2.28. The van der Waals surface area contributed by atoms with E-state index in [1.165, 1.54) is 36.6 Å². The topological polar surface area (TPSA) is 79.4 Å². The smallest absolute Gasteiger partial charge is 0.261 e. The number of hydrogen-bond acceptors (Lipinski definition) is 5. The van der Waals surface area contributed by atoms with Crippen LogP contribution in [0.25, 0.3) is 0 Å². The second kappa shape index (κ2) is 7.59. The summed E-state index contributed by atoms with van der Waals surface area (Å²) in [5.74, 6) is -1.21. The van der Waals surface area contributed by atoms with Gasteiger partial charge in [0.2, 0.25) is 0 Å². The first kappa shape index (κ1) is 19.6. The van der Waals surface area contributed by atoms with Crippen LogP contribution in [0.4, 0.5) is 5.13 Å². The number of thiazole rings is 1. The van der Waals surface area contributed by atoms with E-state index < -0.39 is 11.8 Å². The number of imide groups is 1. The number of amides is 3. The van der Waals surface area contributed by atoms with Crippen LogP contribution in [0.3, 0.4) is 0 Å². The van der Waals surface area contributed by atoms with Crippen LogP contribution >= 0.6 is 34.5 Å². The Morgan fingerprint density at radius 3 is 2.66 bits per heavy atom. The molecule has 146 valence electrons. The molecule has 0 aliphatic carbocycles. The molecule has 2 aromatic carbocycles. The van der Waals surface area contributed by atoms with E-state index in [0.29, 0.717) is 27.2 Å². The van der Waals surface area contributed by atoms with Gasteiger partial charge < -0.3 is 0 Å². The summed E-state index contributed by atoms with van der Waals surface area (Å²) >= 11 is 13.5. The van der Waals surface area contributed by atoms with Gasteiger partial charge in [-0.1, -0.05) is 23.2 Å². The summed E-state index contributed by atoms with van der Waals surface area (Å²) in [5.41, 5.74) is 1.66. The average molecular weight is 446 g/mol. The number of hydrogen-bond donors (Lipinski definition) is 1. The molecule has 1 aliphatic heterocycles. The summed E-state index contributed by atoms with van der Waals surface area (Å²) in [4.78, 5) is 42.8. The Labute approximate surface area is 180 Å². The van der Waals surface area contributed by atoms with Crippen molar-refractivity contribution >= 4 is 57.4 Å². The van der Waals surface area contributed by atoms with Crippen molar-refractivity contribution < 1.29 is 14.4 Å². The van der Waals surface area contributed by atoms with E-state index in [9.17, 15) is 14.4 Å². The minimum absolute atomic E-state index is 0.223. The third-order valence-corrected chi connectivity index (χ3v) is 6.01. The van der Waals surface area contributed by atoms with Gasteiger partial charge in [0.15, 0.2) is 5.13 Å². The maximum atomic E-state index is 12.6. The van der Waals surface area contributed by atoms with Gasteiger partial charge in [-0.25, -0.2) is 4.98 Å². The van der Waals surface area contributed by atoms with E-state index in [0.717, 1.165) is 15.3 Å². The Morgan fingerprint density at radius 1 is 1.10 bits per heavy atom. The maximum Gasteiger partial charge on any atom is 0.261 e. The molecule has 0 saturated carbocycles. The molecular weight excluding hydrogens is 433 g/mol. The molecule has 29 heavy (non-hydrogen) atoms. The molecular formula is C20H13Cl2N3O3S. The summed E-state index contributed by atoms with van der Waals surface area (Å²) in [5, 5.41) is 4.34. The lowest BCUT2D eigenvalue weighted by Gasteiger charge is -2.04. The van der Waals surface area contributed by atoms with Crippen molar-refractivity contribution in [1.29, 1.82) is 0 Å². The SMILES string of the molecule is CN1C(=O)c2ccc(C(=O)Nc3ncc(Cc4cc(Cl)ccc4Cl)s3)cc2C1=O. The molecule has 0 spiro atoms. The van der Waals surface area contributed by atoms with Crippen molar-refractivity contribution in [3.63, 3.8) is 0 Å². The summed E-state index contributed by atoms with van der Waals surface area (Å²) in [6.45, 7) is 0. The predicted octanol–water partition coefficient (Wildman–Crippen LogP) is 4.52. The van der Waals surface area contributed by atoms with Crippen molar-refractivity contribution in [1.82, 2.24) is 9.88 Å². The molecule has 0 fully saturated rings. The quantitative estimate of drug-likeness (QED) is 0.598. The van der Waals surface area contributed by atoms with Gasteiger partial charge in [0.1, 0.15) is 0 Å². The Balaban J connectivity index is 1.50. The fourth-order valence-corrected chi connectivity index (χ4v) is 4.19. The minimum Gasteiger partial charge on any atom is -0.298 e. The molecule has 0 radical (unpaired) electrons. The number of aromatic nitrogens is 1. The second-order valence-electron chi connectivity index (χ2n) is 6.43. The first-order chi connectivity index (χ1) is 13.8. The van der Waals surface area contributed by atoms with Gasteiger partial charge in [-0.3, -0.25) is 24.6 Å². The molecule has 3 aromatic rings. The van der Waals surface area contributed by atoms with Gasteiger partial charge in [-0.15, -0.1) is 11.3 Å². The monoisotopic (exact) mass is 445 g/mol. The van der Waals surface area contributed by atoms with E-state index >= 15 is 0 Å². The molecule has 3 amide bonds. The second-order valence-corrected chi connectivity index (χ2v) is 8.39. The van der Waals surface area contributed by atoms with Crippen molar-refractivity contribution in [2.45, 2.75) is 6.42 Å². The standard InChI is InChI=1S/C20H13Cl2N3O3S/c1-25-18(27)14-4-2-10(8-15(14)19(25)28)17(26)24-20-23-9-13(29-20)7-11-6-12(21)3-5-16(11)22/h2-6,8-9H,7H2,1H3,(H,23,24,26). The normalized spacial score (nSPS) is 13.0. The number of carbonyl (C=O) groups excluding carboxylic acids is 3. The van der Waals surface area contributed by atoms with Crippen LogP contribution in [0.15, 0.2) is 42.6 Å². The van der Waals surface area contributed by atoms with Gasteiger partial charge in [0.05, 0.1) is 11.1 Å². The van der Waals surface area contributed by atoms with Crippen molar-refractivity contribution in [3.8, 4) is 0 Å². The lowest BCUT2D eigenvalue weighted by atomic mass is 10.1. The Bertz CT molecular complexity index is 1180. The number of rotatable bonds is 4.